The summed E-state index contributed by atoms with van der Waals surface area (Å²) in [5.41, 5.74) is 2.74. The number of methoxy groups -OCH3 is 1. The van der Waals surface area contributed by atoms with Gasteiger partial charge >= 0.3 is 0 Å². The molecule has 3 rings (SSSR count). The number of aromatic amines is 1. The molecule has 0 unspecified atom stereocenters. The Morgan fingerprint density at radius 1 is 1.24 bits per heavy atom. The van der Waals surface area contributed by atoms with Crippen LogP contribution in [0.3, 0.4) is 0 Å². The maximum Gasteiger partial charge on any atom is 0.171 e. The van der Waals surface area contributed by atoms with E-state index in [-0.39, 0.29) is 0 Å². The van der Waals surface area contributed by atoms with Gasteiger partial charge in [0.25, 0.3) is 0 Å². The van der Waals surface area contributed by atoms with Crippen LogP contribution in [0, 0.1) is 0 Å². The quantitative estimate of drug-likeness (QED) is 0.770. The van der Waals surface area contributed by atoms with E-state index < -0.39 is 6.10 Å². The van der Waals surface area contributed by atoms with E-state index in [1.165, 1.54) is 11.8 Å². The third kappa shape index (κ3) is 2.89. The molecule has 0 saturated carbocycles. The van der Waals surface area contributed by atoms with Gasteiger partial charge in [-0.1, -0.05) is 30.0 Å². The largest absolute Gasteiger partial charge is 0.497 e. The number of rotatable bonds is 4. The number of hydrogen-bond acceptors (Lipinski definition) is 4. The van der Waals surface area contributed by atoms with E-state index in [2.05, 4.69) is 9.97 Å². The molecule has 1 aromatic heterocycles. The third-order valence-corrected chi connectivity index (χ3v) is 4.22. The van der Waals surface area contributed by atoms with Crippen LogP contribution in [0.1, 0.15) is 18.6 Å². The summed E-state index contributed by atoms with van der Waals surface area (Å²) in [6.45, 7) is 1.77. The second kappa shape index (κ2) is 5.79. The molecular formula is C16H16N2O2S. The number of hydrogen-bond donors (Lipinski definition) is 2. The van der Waals surface area contributed by atoms with Crippen molar-refractivity contribution in [1.82, 2.24) is 9.97 Å². The fraction of sp³-hybridized carbons (Fsp3) is 0.188. The summed E-state index contributed by atoms with van der Waals surface area (Å²) in [4.78, 5) is 8.83. The molecule has 0 aliphatic rings. The Balaban J connectivity index is 1.95. The zero-order valence-corrected chi connectivity index (χ0v) is 12.6. The Labute approximate surface area is 127 Å². The van der Waals surface area contributed by atoms with Gasteiger partial charge in [-0.3, -0.25) is 0 Å². The summed E-state index contributed by atoms with van der Waals surface area (Å²) in [7, 11) is 1.64. The number of imidazole rings is 1. The van der Waals surface area contributed by atoms with E-state index in [0.717, 1.165) is 32.4 Å². The predicted octanol–water partition coefficient (Wildman–Crippen LogP) is 3.78. The lowest BCUT2D eigenvalue weighted by Gasteiger charge is -2.09. The van der Waals surface area contributed by atoms with Crippen molar-refractivity contribution < 1.29 is 9.84 Å². The Hall–Kier alpha value is -1.98. The van der Waals surface area contributed by atoms with E-state index in [1.807, 2.05) is 42.5 Å². The van der Waals surface area contributed by atoms with Gasteiger partial charge in [0.1, 0.15) is 5.75 Å². The summed E-state index contributed by atoms with van der Waals surface area (Å²) < 4.78 is 5.21. The van der Waals surface area contributed by atoms with Gasteiger partial charge in [0.2, 0.25) is 0 Å². The molecule has 5 heteroatoms. The fourth-order valence-electron chi connectivity index (χ4n) is 2.16. The second-order valence-corrected chi connectivity index (χ2v) is 5.77. The van der Waals surface area contributed by atoms with E-state index in [1.54, 1.807) is 14.0 Å². The number of fused-ring (bicyclic) bond motifs is 1. The molecule has 0 saturated heterocycles. The maximum absolute atomic E-state index is 9.83. The first-order chi connectivity index (χ1) is 10.2. The molecule has 0 aliphatic heterocycles. The van der Waals surface area contributed by atoms with Crippen molar-refractivity contribution in [2.24, 2.45) is 0 Å². The van der Waals surface area contributed by atoms with Crippen molar-refractivity contribution in [3.63, 3.8) is 0 Å². The average molecular weight is 300 g/mol. The van der Waals surface area contributed by atoms with Crippen LogP contribution in [0.25, 0.3) is 11.0 Å². The van der Waals surface area contributed by atoms with Gasteiger partial charge in [-0.05, 0) is 30.7 Å². The molecular weight excluding hydrogens is 284 g/mol. The highest BCUT2D eigenvalue weighted by atomic mass is 32.2. The number of nitrogens with zero attached hydrogens (tertiary/aromatic N) is 1. The van der Waals surface area contributed by atoms with Crippen molar-refractivity contribution in [3.05, 3.63) is 48.0 Å². The molecule has 1 heterocycles. The molecule has 0 amide bonds. The standard InChI is InChI=1S/C16H16N2O2S/c1-10(19)12-5-3-4-6-15(12)21-16-17-13-8-7-11(20-2)9-14(13)18-16/h3-10,19H,1-2H3,(H,17,18)/t10-/m1/s1. The van der Waals surface area contributed by atoms with E-state index in [9.17, 15) is 5.11 Å². The predicted molar refractivity (Wildman–Crippen MR) is 83.8 cm³/mol. The van der Waals surface area contributed by atoms with Crippen molar-refractivity contribution in [2.75, 3.05) is 7.11 Å². The van der Waals surface area contributed by atoms with Crippen LogP contribution in [-0.4, -0.2) is 22.2 Å². The summed E-state index contributed by atoms with van der Waals surface area (Å²) in [5, 5.41) is 10.6. The Kier molecular flexibility index (Phi) is 3.86. The second-order valence-electron chi connectivity index (χ2n) is 4.74. The summed E-state index contributed by atoms with van der Waals surface area (Å²) in [5.74, 6) is 0.798. The first-order valence-corrected chi connectivity index (χ1v) is 7.47. The Bertz CT molecular complexity index is 768. The molecule has 1 atom stereocenters. The molecule has 2 aromatic carbocycles. The van der Waals surface area contributed by atoms with Crippen LogP contribution >= 0.6 is 11.8 Å². The molecule has 0 spiro atoms. The van der Waals surface area contributed by atoms with Crippen molar-refractivity contribution in [3.8, 4) is 5.75 Å². The van der Waals surface area contributed by atoms with Gasteiger partial charge in [0.15, 0.2) is 5.16 Å². The lowest BCUT2D eigenvalue weighted by Crippen LogP contribution is -1.93. The van der Waals surface area contributed by atoms with Crippen LogP contribution < -0.4 is 4.74 Å². The summed E-state index contributed by atoms with van der Waals surface area (Å²) in [6.07, 6.45) is -0.502. The van der Waals surface area contributed by atoms with Crippen molar-refractivity contribution in [1.29, 1.82) is 0 Å². The number of benzene rings is 2. The molecule has 0 bridgehead atoms. The Morgan fingerprint density at radius 2 is 2.05 bits per heavy atom. The van der Waals surface area contributed by atoms with Crippen molar-refractivity contribution >= 4 is 22.8 Å². The third-order valence-electron chi connectivity index (χ3n) is 3.24. The number of ether oxygens (including phenoxy) is 1. The average Bonchev–Trinajstić information content (AvgIpc) is 2.88. The first kappa shape index (κ1) is 14.0. The number of aliphatic hydroxyl groups is 1. The minimum atomic E-state index is -0.502. The van der Waals surface area contributed by atoms with E-state index in [0.29, 0.717) is 0 Å². The van der Waals surface area contributed by atoms with Gasteiger partial charge < -0.3 is 14.8 Å². The molecule has 108 valence electrons. The molecule has 0 aliphatic carbocycles. The number of aliphatic hydroxyl groups excluding tert-OH is 1. The van der Waals surface area contributed by atoms with Crippen LogP contribution in [0.2, 0.25) is 0 Å². The van der Waals surface area contributed by atoms with Crippen LogP contribution in [-0.2, 0) is 0 Å². The van der Waals surface area contributed by atoms with Gasteiger partial charge in [-0.15, -0.1) is 0 Å². The highest BCUT2D eigenvalue weighted by Gasteiger charge is 2.11. The lowest BCUT2D eigenvalue weighted by molar-refractivity contribution is 0.196. The topological polar surface area (TPSA) is 58.1 Å². The van der Waals surface area contributed by atoms with Crippen LogP contribution in [0.15, 0.2) is 52.5 Å². The van der Waals surface area contributed by atoms with Crippen LogP contribution in [0.5, 0.6) is 5.75 Å². The van der Waals surface area contributed by atoms with Gasteiger partial charge in [-0.2, -0.15) is 0 Å². The summed E-state index contributed by atoms with van der Waals surface area (Å²) in [6, 6.07) is 13.5. The SMILES string of the molecule is COc1ccc2nc(Sc3ccccc3[C@@H](C)O)[nH]c2c1. The zero-order chi connectivity index (χ0) is 14.8. The number of aromatic nitrogens is 2. The first-order valence-electron chi connectivity index (χ1n) is 6.66. The van der Waals surface area contributed by atoms with Crippen LogP contribution in [0.4, 0.5) is 0 Å². The highest BCUT2D eigenvalue weighted by molar-refractivity contribution is 7.99. The molecule has 21 heavy (non-hydrogen) atoms. The maximum atomic E-state index is 9.83. The van der Waals surface area contributed by atoms with Gasteiger partial charge in [-0.25, -0.2) is 4.98 Å². The summed E-state index contributed by atoms with van der Waals surface area (Å²) >= 11 is 1.51. The van der Waals surface area contributed by atoms with Crippen molar-refractivity contribution in [2.45, 2.75) is 23.1 Å². The lowest BCUT2D eigenvalue weighted by atomic mass is 10.1. The normalized spacial score (nSPS) is 12.5. The molecule has 0 radical (unpaired) electrons. The molecule has 2 N–H and O–H groups in total. The zero-order valence-electron chi connectivity index (χ0n) is 11.8. The van der Waals surface area contributed by atoms with Gasteiger partial charge in [0, 0.05) is 11.0 Å². The van der Waals surface area contributed by atoms with Gasteiger partial charge in [0.05, 0.1) is 24.2 Å². The Morgan fingerprint density at radius 3 is 2.81 bits per heavy atom. The van der Waals surface area contributed by atoms with E-state index in [4.69, 9.17) is 4.74 Å². The smallest absolute Gasteiger partial charge is 0.171 e. The monoisotopic (exact) mass is 300 g/mol. The number of H-pyrrole nitrogens is 1. The molecule has 3 aromatic rings. The molecule has 4 nitrogen and oxygen atoms in total. The number of nitrogens with one attached hydrogen (secondary N) is 1. The highest BCUT2D eigenvalue weighted by Crippen LogP contribution is 2.33. The van der Waals surface area contributed by atoms with E-state index >= 15 is 0 Å². The minimum Gasteiger partial charge on any atom is -0.497 e. The molecule has 0 fully saturated rings. The minimum absolute atomic E-state index is 0.502. The fourth-order valence-corrected chi connectivity index (χ4v) is 3.18.